The van der Waals surface area contributed by atoms with Gasteiger partial charge in [-0.1, -0.05) is 17.7 Å². The average Bonchev–Trinajstić information content (AvgIpc) is 2.73. The van der Waals surface area contributed by atoms with Gasteiger partial charge in [-0.25, -0.2) is 4.39 Å². The van der Waals surface area contributed by atoms with Crippen molar-refractivity contribution in [2.75, 3.05) is 20.2 Å². The van der Waals surface area contributed by atoms with Crippen molar-refractivity contribution in [3.8, 4) is 5.75 Å². The summed E-state index contributed by atoms with van der Waals surface area (Å²) in [5, 5.41) is 3.53. The van der Waals surface area contributed by atoms with Crippen molar-refractivity contribution in [1.82, 2.24) is 10.2 Å². The molecule has 0 aliphatic carbocycles. The van der Waals surface area contributed by atoms with Crippen molar-refractivity contribution in [1.29, 1.82) is 0 Å². The molecule has 0 saturated carbocycles. The Labute approximate surface area is 174 Å². The van der Waals surface area contributed by atoms with Crippen molar-refractivity contribution < 1.29 is 18.7 Å². The summed E-state index contributed by atoms with van der Waals surface area (Å²) in [6, 6.07) is 11.1. The summed E-state index contributed by atoms with van der Waals surface area (Å²) in [4.78, 5) is 27.0. The van der Waals surface area contributed by atoms with Crippen LogP contribution in [-0.2, 0) is 4.79 Å². The van der Waals surface area contributed by atoms with Crippen LogP contribution in [0.15, 0.2) is 42.5 Å². The number of hydrogen-bond donors (Lipinski definition) is 1. The van der Waals surface area contributed by atoms with E-state index in [1.165, 1.54) is 13.2 Å². The van der Waals surface area contributed by atoms with E-state index < -0.39 is 5.82 Å². The second-order valence-corrected chi connectivity index (χ2v) is 7.63. The number of methoxy groups -OCH3 is 1. The first-order chi connectivity index (χ1) is 13.9. The van der Waals surface area contributed by atoms with E-state index in [-0.39, 0.29) is 29.5 Å². The van der Waals surface area contributed by atoms with Crippen LogP contribution in [0.2, 0.25) is 5.02 Å². The number of carbonyl (C=O) groups is 2. The molecule has 0 aromatic heterocycles. The first kappa shape index (κ1) is 21.1. The highest BCUT2D eigenvalue weighted by Gasteiger charge is 2.28. The van der Waals surface area contributed by atoms with E-state index >= 15 is 0 Å². The van der Waals surface area contributed by atoms with Gasteiger partial charge in [0.2, 0.25) is 5.91 Å². The van der Waals surface area contributed by atoms with Gasteiger partial charge < -0.3 is 15.0 Å². The van der Waals surface area contributed by atoms with Crippen LogP contribution in [-0.4, -0.2) is 36.9 Å². The summed E-state index contributed by atoms with van der Waals surface area (Å²) in [5.74, 6) is -0.588. The number of nitrogens with zero attached hydrogens (tertiary/aromatic N) is 1. The summed E-state index contributed by atoms with van der Waals surface area (Å²) >= 11 is 5.87. The number of halogens is 2. The normalized spacial score (nSPS) is 15.7. The minimum atomic E-state index is -0.458. The fraction of sp³-hybridized carbons (Fsp3) is 0.364. The van der Waals surface area contributed by atoms with Gasteiger partial charge >= 0.3 is 0 Å². The number of likely N-dealkylation sites (tertiary alicyclic amines) is 1. The predicted octanol–water partition coefficient (Wildman–Crippen LogP) is 4.22. The number of carbonyl (C=O) groups excluding carboxylic acids is 2. The molecule has 29 heavy (non-hydrogen) atoms. The van der Waals surface area contributed by atoms with Crippen LogP contribution in [0.5, 0.6) is 5.75 Å². The zero-order chi connectivity index (χ0) is 21.0. The molecule has 1 saturated heterocycles. The second kappa shape index (κ2) is 9.27. The molecule has 1 aliphatic rings. The molecular formula is C22H24ClFN2O3. The van der Waals surface area contributed by atoms with Gasteiger partial charge in [-0.2, -0.15) is 0 Å². The highest BCUT2D eigenvalue weighted by molar-refractivity contribution is 6.30. The third-order valence-electron chi connectivity index (χ3n) is 5.28. The zero-order valence-electron chi connectivity index (χ0n) is 16.5. The maximum atomic E-state index is 13.9. The van der Waals surface area contributed by atoms with Crippen molar-refractivity contribution in [3.05, 3.63) is 64.4 Å². The molecule has 0 bridgehead atoms. The fourth-order valence-electron chi connectivity index (χ4n) is 3.49. The van der Waals surface area contributed by atoms with Crippen LogP contribution in [0.3, 0.4) is 0 Å². The molecule has 2 aromatic carbocycles. The van der Waals surface area contributed by atoms with Crippen LogP contribution in [0.4, 0.5) is 4.39 Å². The lowest BCUT2D eigenvalue weighted by atomic mass is 9.94. The number of amides is 2. The van der Waals surface area contributed by atoms with Gasteiger partial charge in [0.15, 0.2) is 11.6 Å². The van der Waals surface area contributed by atoms with E-state index in [2.05, 4.69) is 5.32 Å². The monoisotopic (exact) mass is 418 g/mol. The van der Waals surface area contributed by atoms with Crippen molar-refractivity contribution in [2.24, 2.45) is 5.92 Å². The van der Waals surface area contributed by atoms with Crippen LogP contribution in [0, 0.1) is 11.7 Å². The molecule has 1 heterocycles. The SMILES string of the molecule is COc1ccc([C@H](C)NC(=O)C2CCN(C(=O)c3ccc(Cl)cc3)CC2)cc1F. The number of nitrogens with one attached hydrogen (secondary N) is 1. The van der Waals surface area contributed by atoms with Crippen LogP contribution in [0.25, 0.3) is 0 Å². The van der Waals surface area contributed by atoms with Crippen molar-refractivity contribution >= 4 is 23.4 Å². The minimum Gasteiger partial charge on any atom is -0.494 e. The maximum Gasteiger partial charge on any atom is 0.253 e. The molecule has 1 N–H and O–H groups in total. The second-order valence-electron chi connectivity index (χ2n) is 7.20. The van der Waals surface area contributed by atoms with Crippen LogP contribution < -0.4 is 10.1 Å². The van der Waals surface area contributed by atoms with E-state index in [1.807, 2.05) is 6.92 Å². The predicted molar refractivity (Wildman–Crippen MR) is 110 cm³/mol. The van der Waals surface area contributed by atoms with Crippen LogP contribution in [0.1, 0.15) is 41.7 Å². The van der Waals surface area contributed by atoms with Gasteiger partial charge in [-0.3, -0.25) is 9.59 Å². The third-order valence-corrected chi connectivity index (χ3v) is 5.53. The topological polar surface area (TPSA) is 58.6 Å². The first-order valence-electron chi connectivity index (χ1n) is 9.57. The molecule has 0 unspecified atom stereocenters. The number of benzene rings is 2. The molecule has 5 nitrogen and oxygen atoms in total. The molecule has 2 aromatic rings. The van der Waals surface area contributed by atoms with Gasteiger partial charge in [0.05, 0.1) is 13.2 Å². The summed E-state index contributed by atoms with van der Waals surface area (Å²) in [6.45, 7) is 2.86. The lowest BCUT2D eigenvalue weighted by Gasteiger charge is -2.32. The quantitative estimate of drug-likeness (QED) is 0.791. The average molecular weight is 419 g/mol. The highest BCUT2D eigenvalue weighted by atomic mass is 35.5. The minimum absolute atomic E-state index is 0.0531. The van der Waals surface area contributed by atoms with E-state index in [0.29, 0.717) is 42.1 Å². The molecule has 2 amide bonds. The maximum absolute atomic E-state index is 13.9. The summed E-state index contributed by atoms with van der Waals surface area (Å²) in [6.07, 6.45) is 1.18. The first-order valence-corrected chi connectivity index (χ1v) is 9.95. The van der Waals surface area contributed by atoms with E-state index in [4.69, 9.17) is 16.3 Å². The Bertz CT molecular complexity index is 880. The Morgan fingerprint density at radius 2 is 1.83 bits per heavy atom. The molecule has 1 atom stereocenters. The highest BCUT2D eigenvalue weighted by Crippen LogP contribution is 2.24. The zero-order valence-corrected chi connectivity index (χ0v) is 17.2. The van der Waals surface area contributed by atoms with Crippen molar-refractivity contribution in [2.45, 2.75) is 25.8 Å². The largest absolute Gasteiger partial charge is 0.494 e. The molecule has 0 spiro atoms. The Balaban J connectivity index is 1.53. The van der Waals surface area contributed by atoms with E-state index in [9.17, 15) is 14.0 Å². The molecule has 1 aliphatic heterocycles. The molecule has 7 heteroatoms. The number of rotatable bonds is 5. The smallest absolute Gasteiger partial charge is 0.253 e. The Kier molecular flexibility index (Phi) is 6.75. The fourth-order valence-corrected chi connectivity index (χ4v) is 3.61. The number of piperidine rings is 1. The van der Waals surface area contributed by atoms with Gasteiger partial charge in [0, 0.05) is 29.6 Å². The third kappa shape index (κ3) is 5.07. The van der Waals surface area contributed by atoms with Crippen molar-refractivity contribution in [3.63, 3.8) is 0 Å². The summed E-state index contributed by atoms with van der Waals surface area (Å²) < 4.78 is 18.8. The van der Waals surface area contributed by atoms with Gasteiger partial charge in [-0.05, 0) is 61.7 Å². The van der Waals surface area contributed by atoms with Gasteiger partial charge in [0.1, 0.15) is 0 Å². The van der Waals surface area contributed by atoms with Crippen LogP contribution >= 0.6 is 11.6 Å². The lowest BCUT2D eigenvalue weighted by Crippen LogP contribution is -2.43. The van der Waals surface area contributed by atoms with Gasteiger partial charge in [0.25, 0.3) is 5.91 Å². The Morgan fingerprint density at radius 3 is 2.41 bits per heavy atom. The molecule has 154 valence electrons. The van der Waals surface area contributed by atoms with Gasteiger partial charge in [-0.15, -0.1) is 0 Å². The molecule has 0 radical (unpaired) electrons. The molecule has 1 fully saturated rings. The van der Waals surface area contributed by atoms with E-state index in [0.717, 1.165) is 0 Å². The Morgan fingerprint density at radius 1 is 1.17 bits per heavy atom. The number of hydrogen-bond acceptors (Lipinski definition) is 3. The summed E-state index contributed by atoms with van der Waals surface area (Å²) in [5.41, 5.74) is 1.26. The Hall–Kier alpha value is -2.60. The molecular weight excluding hydrogens is 395 g/mol. The summed E-state index contributed by atoms with van der Waals surface area (Å²) in [7, 11) is 1.41. The molecule has 3 rings (SSSR count). The number of ether oxygens (including phenoxy) is 1. The lowest BCUT2D eigenvalue weighted by molar-refractivity contribution is -0.127. The van der Waals surface area contributed by atoms with E-state index in [1.54, 1.807) is 41.3 Å². The standard InChI is InChI=1S/C22H24ClFN2O3/c1-14(17-5-8-20(29-2)19(24)13-17)25-21(27)15-9-11-26(12-10-15)22(28)16-3-6-18(23)7-4-16/h3-8,13-15H,9-12H2,1-2H3,(H,25,27)/t14-/m0/s1.